The van der Waals surface area contributed by atoms with E-state index < -0.39 is 0 Å². The Morgan fingerprint density at radius 3 is 2.43 bits per heavy atom. The van der Waals surface area contributed by atoms with Crippen molar-refractivity contribution in [3.05, 3.63) is 65.5 Å². The molecule has 2 aromatic carbocycles. The number of benzene rings is 2. The largest absolute Gasteiger partial charge is 0.493 e. The highest BCUT2D eigenvalue weighted by Gasteiger charge is 2.20. The van der Waals surface area contributed by atoms with Crippen LogP contribution >= 0.6 is 0 Å². The normalized spacial score (nSPS) is 10.6. The standard InChI is InChI=1S/C21H24N4O3/c1-15-20(23-25(22-15)17-8-6-5-7-9-17)21(26)24(2)13-12-16-10-11-18(27-3)19(14-16)28-4/h5-11,14H,12-13H2,1-4H3. The van der Waals surface area contributed by atoms with E-state index >= 15 is 0 Å². The lowest BCUT2D eigenvalue weighted by Gasteiger charge is -2.16. The van der Waals surface area contributed by atoms with E-state index in [0.717, 1.165) is 11.3 Å². The Morgan fingerprint density at radius 2 is 1.75 bits per heavy atom. The summed E-state index contributed by atoms with van der Waals surface area (Å²) in [4.78, 5) is 16.0. The van der Waals surface area contributed by atoms with Crippen molar-refractivity contribution in [2.75, 3.05) is 27.8 Å². The zero-order valence-corrected chi connectivity index (χ0v) is 16.5. The first-order chi connectivity index (χ1) is 13.5. The van der Waals surface area contributed by atoms with Gasteiger partial charge < -0.3 is 14.4 Å². The molecule has 146 valence electrons. The van der Waals surface area contributed by atoms with Gasteiger partial charge in [-0.05, 0) is 43.2 Å². The number of rotatable bonds is 7. The average Bonchev–Trinajstić information content (AvgIpc) is 3.13. The van der Waals surface area contributed by atoms with E-state index in [-0.39, 0.29) is 5.91 Å². The van der Waals surface area contributed by atoms with E-state index in [2.05, 4.69) is 10.2 Å². The highest BCUT2D eigenvalue weighted by Crippen LogP contribution is 2.27. The number of hydrogen-bond donors (Lipinski definition) is 0. The second kappa shape index (κ2) is 8.56. The van der Waals surface area contributed by atoms with Gasteiger partial charge in [-0.25, -0.2) is 0 Å². The highest BCUT2D eigenvalue weighted by molar-refractivity contribution is 5.93. The first-order valence-corrected chi connectivity index (χ1v) is 8.99. The SMILES string of the molecule is COc1ccc(CCN(C)C(=O)c2nn(-c3ccccc3)nc2C)cc1OC. The maximum atomic E-state index is 12.8. The molecule has 3 rings (SSSR count). The number of hydrogen-bond acceptors (Lipinski definition) is 5. The van der Waals surface area contributed by atoms with Gasteiger partial charge in [0.2, 0.25) is 0 Å². The molecule has 3 aromatic rings. The monoisotopic (exact) mass is 380 g/mol. The number of para-hydroxylation sites is 1. The van der Waals surface area contributed by atoms with Crippen molar-refractivity contribution < 1.29 is 14.3 Å². The summed E-state index contributed by atoms with van der Waals surface area (Å²) in [6.07, 6.45) is 0.689. The zero-order valence-electron chi connectivity index (χ0n) is 16.5. The van der Waals surface area contributed by atoms with Gasteiger partial charge in [0.1, 0.15) is 0 Å². The molecule has 0 aliphatic heterocycles. The summed E-state index contributed by atoms with van der Waals surface area (Å²) in [6.45, 7) is 2.34. The summed E-state index contributed by atoms with van der Waals surface area (Å²) in [7, 11) is 4.98. The van der Waals surface area contributed by atoms with Crippen molar-refractivity contribution >= 4 is 5.91 Å². The molecule has 0 saturated heterocycles. The Bertz CT molecular complexity index is 954. The van der Waals surface area contributed by atoms with Crippen LogP contribution in [0.5, 0.6) is 11.5 Å². The molecule has 28 heavy (non-hydrogen) atoms. The van der Waals surface area contributed by atoms with Gasteiger partial charge in [-0.15, -0.1) is 5.10 Å². The van der Waals surface area contributed by atoms with Crippen molar-refractivity contribution in [2.24, 2.45) is 0 Å². The maximum Gasteiger partial charge on any atom is 0.276 e. The second-order valence-corrected chi connectivity index (χ2v) is 6.43. The lowest BCUT2D eigenvalue weighted by molar-refractivity contribution is 0.0789. The smallest absolute Gasteiger partial charge is 0.276 e. The van der Waals surface area contributed by atoms with E-state index in [1.165, 1.54) is 4.80 Å². The first kappa shape index (κ1) is 19.4. The Labute approximate surface area is 164 Å². The molecule has 0 unspecified atom stereocenters. The Hall–Kier alpha value is -3.35. The minimum Gasteiger partial charge on any atom is -0.493 e. The van der Waals surface area contributed by atoms with Gasteiger partial charge in [-0.1, -0.05) is 24.3 Å². The van der Waals surface area contributed by atoms with Crippen LogP contribution in [-0.4, -0.2) is 53.6 Å². The summed E-state index contributed by atoms with van der Waals surface area (Å²) in [5.74, 6) is 1.21. The molecular weight excluding hydrogens is 356 g/mol. The number of likely N-dealkylation sites (N-methyl/N-ethyl adjacent to an activating group) is 1. The predicted molar refractivity (Wildman–Crippen MR) is 106 cm³/mol. The van der Waals surface area contributed by atoms with Crippen LogP contribution in [0.25, 0.3) is 5.69 Å². The molecule has 1 amide bonds. The fourth-order valence-electron chi connectivity index (χ4n) is 2.87. The van der Waals surface area contributed by atoms with E-state index in [9.17, 15) is 4.79 Å². The minimum absolute atomic E-state index is 0.153. The Kier molecular flexibility index (Phi) is 5.93. The van der Waals surface area contributed by atoms with Crippen LogP contribution in [0.1, 0.15) is 21.7 Å². The predicted octanol–water partition coefficient (Wildman–Crippen LogP) is 2.91. The molecule has 0 spiro atoms. The lowest BCUT2D eigenvalue weighted by Crippen LogP contribution is -2.29. The molecule has 0 aliphatic carbocycles. The molecule has 0 atom stereocenters. The molecule has 0 bridgehead atoms. The number of carbonyl (C=O) groups excluding carboxylic acids is 1. The van der Waals surface area contributed by atoms with E-state index in [1.54, 1.807) is 33.1 Å². The van der Waals surface area contributed by atoms with Crippen molar-refractivity contribution in [1.29, 1.82) is 0 Å². The van der Waals surface area contributed by atoms with Crippen LogP contribution in [0.3, 0.4) is 0 Å². The third kappa shape index (κ3) is 4.14. The summed E-state index contributed by atoms with van der Waals surface area (Å²) < 4.78 is 10.6. The van der Waals surface area contributed by atoms with Crippen molar-refractivity contribution in [3.63, 3.8) is 0 Å². The zero-order chi connectivity index (χ0) is 20.1. The molecule has 1 aromatic heterocycles. The van der Waals surface area contributed by atoms with Crippen molar-refractivity contribution in [1.82, 2.24) is 19.9 Å². The topological polar surface area (TPSA) is 69.5 Å². The van der Waals surface area contributed by atoms with Crippen molar-refractivity contribution in [3.8, 4) is 17.2 Å². The van der Waals surface area contributed by atoms with Crippen LogP contribution in [0, 0.1) is 6.92 Å². The number of carbonyl (C=O) groups is 1. The van der Waals surface area contributed by atoms with Crippen LogP contribution in [0.2, 0.25) is 0 Å². The van der Waals surface area contributed by atoms with E-state index in [4.69, 9.17) is 9.47 Å². The van der Waals surface area contributed by atoms with E-state index in [1.807, 2.05) is 48.5 Å². The summed E-state index contributed by atoms with van der Waals surface area (Å²) in [6, 6.07) is 15.3. The van der Waals surface area contributed by atoms with Crippen LogP contribution in [0.15, 0.2) is 48.5 Å². The maximum absolute atomic E-state index is 12.8. The number of aromatic nitrogens is 3. The lowest BCUT2D eigenvalue weighted by atomic mass is 10.1. The quantitative estimate of drug-likeness (QED) is 0.630. The van der Waals surface area contributed by atoms with Crippen molar-refractivity contribution in [2.45, 2.75) is 13.3 Å². The fraction of sp³-hybridized carbons (Fsp3) is 0.286. The molecule has 7 heteroatoms. The molecule has 1 heterocycles. The Balaban J connectivity index is 1.69. The molecular formula is C21H24N4O3. The molecule has 7 nitrogen and oxygen atoms in total. The van der Waals surface area contributed by atoms with Gasteiger partial charge in [0, 0.05) is 13.6 Å². The molecule has 0 aliphatic rings. The number of ether oxygens (including phenoxy) is 2. The summed E-state index contributed by atoms with van der Waals surface area (Å²) >= 11 is 0. The summed E-state index contributed by atoms with van der Waals surface area (Å²) in [5, 5.41) is 8.76. The van der Waals surface area contributed by atoms with Crippen LogP contribution < -0.4 is 9.47 Å². The van der Waals surface area contributed by atoms with E-state index in [0.29, 0.717) is 35.9 Å². The fourth-order valence-corrected chi connectivity index (χ4v) is 2.87. The molecule has 0 fully saturated rings. The van der Waals surface area contributed by atoms with Gasteiger partial charge in [-0.3, -0.25) is 4.79 Å². The minimum atomic E-state index is -0.153. The second-order valence-electron chi connectivity index (χ2n) is 6.43. The van der Waals surface area contributed by atoms with Crippen LogP contribution in [0.4, 0.5) is 0 Å². The first-order valence-electron chi connectivity index (χ1n) is 8.99. The number of methoxy groups -OCH3 is 2. The number of aryl methyl sites for hydroxylation is 1. The number of amides is 1. The Morgan fingerprint density at radius 1 is 1.04 bits per heavy atom. The third-order valence-electron chi connectivity index (χ3n) is 4.50. The molecule has 0 radical (unpaired) electrons. The number of nitrogens with zero attached hydrogens (tertiary/aromatic N) is 4. The molecule has 0 N–H and O–H groups in total. The summed E-state index contributed by atoms with van der Waals surface area (Å²) in [5.41, 5.74) is 2.84. The van der Waals surface area contributed by atoms with Gasteiger partial charge in [0.15, 0.2) is 17.2 Å². The van der Waals surface area contributed by atoms with Gasteiger partial charge >= 0.3 is 0 Å². The highest BCUT2D eigenvalue weighted by atomic mass is 16.5. The van der Waals surface area contributed by atoms with Crippen LogP contribution in [-0.2, 0) is 6.42 Å². The molecule has 0 saturated carbocycles. The van der Waals surface area contributed by atoms with Gasteiger partial charge in [-0.2, -0.15) is 9.90 Å². The van der Waals surface area contributed by atoms with Gasteiger partial charge in [0.05, 0.1) is 25.6 Å². The van der Waals surface area contributed by atoms with Gasteiger partial charge in [0.25, 0.3) is 5.91 Å². The average molecular weight is 380 g/mol. The third-order valence-corrected chi connectivity index (χ3v) is 4.50.